The molecule has 110 valence electrons. The van der Waals surface area contributed by atoms with Crippen LogP contribution >= 0.6 is 39.1 Å². The first-order valence-corrected chi connectivity index (χ1v) is 8.25. The van der Waals surface area contributed by atoms with Gasteiger partial charge in [0.05, 0.1) is 21.8 Å². The predicted octanol–water partition coefficient (Wildman–Crippen LogP) is 4.47. The Labute approximate surface area is 137 Å². The minimum absolute atomic E-state index is 0.0524. The fraction of sp³-hybridized carbons (Fsp3) is 0.500. The van der Waals surface area contributed by atoms with Gasteiger partial charge in [0.2, 0.25) is 5.91 Å². The fourth-order valence-electron chi connectivity index (χ4n) is 2.41. The zero-order valence-corrected chi connectivity index (χ0v) is 14.3. The van der Waals surface area contributed by atoms with Gasteiger partial charge in [-0.3, -0.25) is 4.79 Å². The number of hydrogen-bond donors (Lipinski definition) is 2. The fourth-order valence-corrected chi connectivity index (χ4v) is 3.23. The number of hydrogen-bond acceptors (Lipinski definition) is 2. The number of nitrogens with one attached hydrogen (secondary N) is 2. The molecule has 2 unspecified atom stereocenters. The Bertz CT molecular complexity index is 510. The van der Waals surface area contributed by atoms with Crippen molar-refractivity contribution in [2.24, 2.45) is 5.92 Å². The molecule has 20 heavy (non-hydrogen) atoms. The van der Waals surface area contributed by atoms with Crippen molar-refractivity contribution < 1.29 is 4.79 Å². The molecule has 0 spiro atoms. The van der Waals surface area contributed by atoms with Crippen molar-refractivity contribution >= 4 is 50.7 Å². The quantitative estimate of drug-likeness (QED) is 0.760. The molecule has 1 aliphatic rings. The molecule has 0 saturated carbocycles. The zero-order chi connectivity index (χ0) is 14.7. The minimum Gasteiger partial charge on any atom is -0.323 e. The summed E-state index contributed by atoms with van der Waals surface area (Å²) in [5.74, 6) is 0.555. The van der Waals surface area contributed by atoms with Gasteiger partial charge >= 0.3 is 0 Å². The normalized spacial score (nSPS) is 22.6. The highest BCUT2D eigenvalue weighted by atomic mass is 79.9. The van der Waals surface area contributed by atoms with Crippen LogP contribution in [0.15, 0.2) is 16.6 Å². The summed E-state index contributed by atoms with van der Waals surface area (Å²) in [4.78, 5) is 12.3. The van der Waals surface area contributed by atoms with E-state index in [2.05, 4.69) is 33.5 Å². The third-order valence-corrected chi connectivity index (χ3v) is 5.47. The van der Waals surface area contributed by atoms with E-state index in [9.17, 15) is 4.79 Å². The maximum absolute atomic E-state index is 12.3. The van der Waals surface area contributed by atoms with E-state index < -0.39 is 0 Å². The number of carbonyl (C=O) groups is 1. The molecule has 1 fully saturated rings. The number of halogens is 3. The predicted molar refractivity (Wildman–Crippen MR) is 87.6 cm³/mol. The Kier molecular flexibility index (Phi) is 5.73. The van der Waals surface area contributed by atoms with E-state index in [1.54, 1.807) is 12.1 Å². The summed E-state index contributed by atoms with van der Waals surface area (Å²) in [7, 11) is 0. The number of carbonyl (C=O) groups excluding carboxylic acids is 1. The van der Waals surface area contributed by atoms with Gasteiger partial charge in [-0.2, -0.15) is 0 Å². The monoisotopic (exact) mass is 378 g/mol. The molecule has 2 N–H and O–H groups in total. The summed E-state index contributed by atoms with van der Waals surface area (Å²) in [5.41, 5.74) is 0.547. The summed E-state index contributed by atoms with van der Waals surface area (Å²) in [5, 5.41) is 6.87. The maximum Gasteiger partial charge on any atom is 0.241 e. The van der Waals surface area contributed by atoms with Gasteiger partial charge in [-0.15, -0.1) is 0 Å². The highest BCUT2D eigenvalue weighted by Gasteiger charge is 2.26. The third kappa shape index (κ3) is 3.67. The maximum atomic E-state index is 12.3. The molecule has 1 amide bonds. The number of amides is 1. The molecule has 1 aromatic carbocycles. The molecule has 0 radical (unpaired) electrons. The zero-order valence-electron chi connectivity index (χ0n) is 11.2. The first-order valence-electron chi connectivity index (χ1n) is 6.70. The van der Waals surface area contributed by atoms with Crippen LogP contribution in [0.2, 0.25) is 10.0 Å². The number of rotatable bonds is 3. The lowest BCUT2D eigenvalue weighted by Gasteiger charge is -2.29. The van der Waals surface area contributed by atoms with Gasteiger partial charge in [-0.25, -0.2) is 0 Å². The molecule has 1 aromatic rings. The van der Waals surface area contributed by atoms with E-state index in [1.165, 1.54) is 0 Å². The highest BCUT2D eigenvalue weighted by Crippen LogP contribution is 2.36. The van der Waals surface area contributed by atoms with Crippen LogP contribution in [0.4, 0.5) is 5.69 Å². The first kappa shape index (κ1) is 16.1. The van der Waals surface area contributed by atoms with E-state index in [0.717, 1.165) is 25.8 Å². The van der Waals surface area contributed by atoms with Crippen LogP contribution in [0.5, 0.6) is 0 Å². The van der Waals surface area contributed by atoms with Gasteiger partial charge in [-0.1, -0.05) is 36.5 Å². The standard InChI is InChI=1S/C14H17BrCl2N2O/c1-2-8-5-6-18-11(7-8)14(20)19-10-4-3-9(15)12(16)13(10)17/h3-4,8,11,18H,2,5-7H2,1H3,(H,19,20). The van der Waals surface area contributed by atoms with E-state index in [4.69, 9.17) is 23.2 Å². The molecule has 6 heteroatoms. The van der Waals surface area contributed by atoms with E-state index in [-0.39, 0.29) is 11.9 Å². The summed E-state index contributed by atoms with van der Waals surface area (Å²) >= 11 is 15.5. The molecular weight excluding hydrogens is 363 g/mol. The van der Waals surface area contributed by atoms with Crippen LogP contribution in [0.1, 0.15) is 26.2 Å². The van der Waals surface area contributed by atoms with Gasteiger partial charge in [0, 0.05) is 4.47 Å². The lowest BCUT2D eigenvalue weighted by Crippen LogP contribution is -2.46. The SMILES string of the molecule is CCC1CCNC(C(=O)Nc2ccc(Br)c(Cl)c2Cl)C1. The van der Waals surface area contributed by atoms with Crippen LogP contribution in [0.3, 0.4) is 0 Å². The molecule has 1 aliphatic heterocycles. The summed E-state index contributed by atoms with van der Waals surface area (Å²) in [6.45, 7) is 3.04. The summed E-state index contributed by atoms with van der Waals surface area (Å²) in [6.07, 6.45) is 3.10. The number of anilines is 1. The first-order chi connectivity index (χ1) is 9.52. The van der Waals surface area contributed by atoms with E-state index in [1.807, 2.05) is 0 Å². The Balaban J connectivity index is 2.06. The Morgan fingerprint density at radius 3 is 2.90 bits per heavy atom. The topological polar surface area (TPSA) is 41.1 Å². The van der Waals surface area contributed by atoms with Crippen molar-refractivity contribution in [3.8, 4) is 0 Å². The Morgan fingerprint density at radius 1 is 1.45 bits per heavy atom. The van der Waals surface area contributed by atoms with Crippen molar-refractivity contribution in [2.45, 2.75) is 32.2 Å². The summed E-state index contributed by atoms with van der Waals surface area (Å²) < 4.78 is 0.712. The van der Waals surface area contributed by atoms with Crippen LogP contribution in [-0.4, -0.2) is 18.5 Å². The van der Waals surface area contributed by atoms with Crippen molar-refractivity contribution in [1.82, 2.24) is 5.32 Å². The minimum atomic E-state index is -0.160. The largest absolute Gasteiger partial charge is 0.323 e. The van der Waals surface area contributed by atoms with Gasteiger partial charge < -0.3 is 10.6 Å². The van der Waals surface area contributed by atoms with Gasteiger partial charge in [-0.05, 0) is 53.4 Å². The smallest absolute Gasteiger partial charge is 0.241 e. The lowest BCUT2D eigenvalue weighted by molar-refractivity contribution is -0.119. The second-order valence-electron chi connectivity index (χ2n) is 5.02. The van der Waals surface area contributed by atoms with Crippen LogP contribution < -0.4 is 10.6 Å². The molecule has 0 aromatic heterocycles. The molecule has 2 rings (SSSR count). The van der Waals surface area contributed by atoms with Gasteiger partial charge in [0.25, 0.3) is 0 Å². The van der Waals surface area contributed by atoms with E-state index in [0.29, 0.717) is 26.1 Å². The second kappa shape index (κ2) is 7.12. The van der Waals surface area contributed by atoms with Crippen LogP contribution in [-0.2, 0) is 4.79 Å². The van der Waals surface area contributed by atoms with Crippen molar-refractivity contribution in [3.63, 3.8) is 0 Å². The van der Waals surface area contributed by atoms with Crippen molar-refractivity contribution in [3.05, 3.63) is 26.7 Å². The molecule has 1 heterocycles. The Morgan fingerprint density at radius 2 is 2.20 bits per heavy atom. The van der Waals surface area contributed by atoms with Crippen molar-refractivity contribution in [1.29, 1.82) is 0 Å². The Hall–Kier alpha value is -0.290. The molecule has 3 nitrogen and oxygen atoms in total. The molecule has 0 bridgehead atoms. The van der Waals surface area contributed by atoms with Crippen LogP contribution in [0.25, 0.3) is 0 Å². The molecule has 0 aliphatic carbocycles. The highest BCUT2D eigenvalue weighted by molar-refractivity contribution is 9.10. The van der Waals surface area contributed by atoms with E-state index >= 15 is 0 Å². The molecular formula is C14H17BrCl2N2O. The molecule has 1 saturated heterocycles. The number of piperidine rings is 1. The van der Waals surface area contributed by atoms with Gasteiger partial charge in [0.1, 0.15) is 0 Å². The number of benzene rings is 1. The average Bonchev–Trinajstić information content (AvgIpc) is 2.48. The lowest BCUT2D eigenvalue weighted by atomic mass is 9.90. The van der Waals surface area contributed by atoms with Gasteiger partial charge in [0.15, 0.2) is 0 Å². The average molecular weight is 380 g/mol. The van der Waals surface area contributed by atoms with Crippen molar-refractivity contribution in [2.75, 3.05) is 11.9 Å². The summed E-state index contributed by atoms with van der Waals surface area (Å²) in [6, 6.07) is 3.36. The second-order valence-corrected chi connectivity index (χ2v) is 6.63. The van der Waals surface area contributed by atoms with Crippen LogP contribution in [0, 0.1) is 5.92 Å². The molecule has 2 atom stereocenters. The third-order valence-electron chi connectivity index (χ3n) is 3.70.